The molecule has 0 saturated carbocycles. The number of amides is 3. The number of carbonyl (C=O) groups excluding carboxylic acids is 2. The Kier molecular flexibility index (Phi) is 5.59. The summed E-state index contributed by atoms with van der Waals surface area (Å²) in [6.07, 6.45) is 0.316. The van der Waals surface area contributed by atoms with Crippen molar-refractivity contribution in [1.82, 2.24) is 9.80 Å². The molecule has 7 heteroatoms. The molecule has 1 atom stereocenters. The average Bonchev–Trinajstić information content (AvgIpc) is 2.94. The fourth-order valence-electron chi connectivity index (χ4n) is 2.66. The van der Waals surface area contributed by atoms with Crippen molar-refractivity contribution >= 4 is 23.7 Å². The topological polar surface area (TPSA) is 75.9 Å². The van der Waals surface area contributed by atoms with Crippen molar-refractivity contribution in [1.29, 1.82) is 0 Å². The molecule has 1 heterocycles. The molecule has 1 aromatic carbocycles. The lowest BCUT2D eigenvalue weighted by Gasteiger charge is -2.28. The Morgan fingerprint density at radius 2 is 1.96 bits per heavy atom. The van der Waals surface area contributed by atoms with E-state index in [4.69, 9.17) is 22.1 Å². The second-order valence-corrected chi connectivity index (χ2v) is 7.40. The highest BCUT2D eigenvalue weighted by atomic mass is 35.5. The van der Waals surface area contributed by atoms with Crippen LogP contribution in [-0.4, -0.2) is 46.7 Å². The van der Waals surface area contributed by atoms with E-state index in [2.05, 4.69) is 0 Å². The van der Waals surface area contributed by atoms with Gasteiger partial charge in [-0.05, 0) is 44.9 Å². The van der Waals surface area contributed by atoms with Crippen LogP contribution in [0.25, 0.3) is 0 Å². The van der Waals surface area contributed by atoms with Crippen LogP contribution in [0.15, 0.2) is 24.3 Å². The molecule has 2 rings (SSSR count). The Morgan fingerprint density at radius 1 is 1.33 bits per heavy atom. The molecule has 3 amide bonds. The van der Waals surface area contributed by atoms with Gasteiger partial charge in [-0.15, -0.1) is 0 Å². The van der Waals surface area contributed by atoms with Gasteiger partial charge < -0.3 is 20.3 Å². The molecule has 0 unspecified atom stereocenters. The molecule has 24 heavy (non-hydrogen) atoms. The van der Waals surface area contributed by atoms with Crippen LogP contribution in [0.3, 0.4) is 0 Å². The zero-order valence-electron chi connectivity index (χ0n) is 14.3. The van der Waals surface area contributed by atoms with Crippen LogP contribution >= 0.6 is 11.6 Å². The molecular weight excluding hydrogens is 330 g/mol. The second-order valence-electron chi connectivity index (χ2n) is 6.96. The number of hydrogen-bond donors (Lipinski definition) is 1. The van der Waals surface area contributed by atoms with E-state index in [9.17, 15) is 9.59 Å². The predicted molar refractivity (Wildman–Crippen MR) is 92.8 cm³/mol. The Labute approximate surface area is 147 Å². The number of rotatable bonds is 3. The van der Waals surface area contributed by atoms with Crippen molar-refractivity contribution in [2.45, 2.75) is 45.4 Å². The van der Waals surface area contributed by atoms with Crippen molar-refractivity contribution in [2.24, 2.45) is 5.73 Å². The average molecular weight is 354 g/mol. The summed E-state index contributed by atoms with van der Waals surface area (Å²) in [5.74, 6) is 0. The van der Waals surface area contributed by atoms with Gasteiger partial charge in [-0.1, -0.05) is 23.7 Å². The first-order chi connectivity index (χ1) is 11.2. The number of nitrogens with two attached hydrogens (primary N) is 1. The fraction of sp³-hybridized carbons (Fsp3) is 0.529. The van der Waals surface area contributed by atoms with Crippen LogP contribution < -0.4 is 5.73 Å². The molecule has 1 aliphatic rings. The third-order valence-corrected chi connectivity index (χ3v) is 4.06. The molecule has 0 radical (unpaired) electrons. The van der Waals surface area contributed by atoms with Gasteiger partial charge in [-0.25, -0.2) is 9.59 Å². The predicted octanol–water partition coefficient (Wildman–Crippen LogP) is 3.23. The largest absolute Gasteiger partial charge is 0.444 e. The number of primary amides is 1. The molecule has 1 aliphatic heterocycles. The van der Waals surface area contributed by atoms with E-state index in [1.54, 1.807) is 21.9 Å². The number of nitrogens with zero attached hydrogens (tertiary/aromatic N) is 2. The van der Waals surface area contributed by atoms with Gasteiger partial charge in [0.1, 0.15) is 5.60 Å². The van der Waals surface area contributed by atoms with E-state index in [-0.39, 0.29) is 12.1 Å². The third-order valence-electron chi connectivity index (χ3n) is 3.81. The van der Waals surface area contributed by atoms with Gasteiger partial charge in [0.2, 0.25) is 0 Å². The summed E-state index contributed by atoms with van der Waals surface area (Å²) in [7, 11) is 0. The highest BCUT2D eigenvalue weighted by Gasteiger charge is 2.34. The van der Waals surface area contributed by atoms with Crippen molar-refractivity contribution in [3.63, 3.8) is 0 Å². The van der Waals surface area contributed by atoms with Crippen molar-refractivity contribution in [3.8, 4) is 0 Å². The van der Waals surface area contributed by atoms with Crippen LogP contribution in [0.4, 0.5) is 9.59 Å². The van der Waals surface area contributed by atoms with E-state index < -0.39 is 11.6 Å². The van der Waals surface area contributed by atoms with E-state index in [1.165, 1.54) is 0 Å². The standard InChI is InChI=1S/C17H24ClN3O3/c1-17(2,3)24-16(23)20-9-8-14(11-20)21(15(19)22)10-12-4-6-13(18)7-5-12/h4-7,14H,8-11H2,1-3H3,(H2,19,22)/t14-/m1/s1. The Hall–Kier alpha value is -1.95. The molecule has 1 aromatic rings. The molecule has 1 fully saturated rings. The maximum absolute atomic E-state index is 12.1. The van der Waals surface area contributed by atoms with Crippen LogP contribution in [-0.2, 0) is 11.3 Å². The number of likely N-dealkylation sites (tertiary alicyclic amines) is 1. The summed E-state index contributed by atoms with van der Waals surface area (Å²) in [4.78, 5) is 27.2. The normalized spacial score (nSPS) is 17.7. The summed E-state index contributed by atoms with van der Waals surface area (Å²) < 4.78 is 5.38. The maximum Gasteiger partial charge on any atom is 0.410 e. The number of urea groups is 1. The van der Waals surface area contributed by atoms with Gasteiger partial charge in [0.25, 0.3) is 0 Å². The van der Waals surface area contributed by atoms with E-state index in [1.807, 2.05) is 32.9 Å². The Morgan fingerprint density at radius 3 is 2.50 bits per heavy atom. The first-order valence-corrected chi connectivity index (χ1v) is 8.32. The molecule has 2 N–H and O–H groups in total. The van der Waals surface area contributed by atoms with E-state index in [0.717, 1.165) is 5.56 Å². The number of carbonyl (C=O) groups is 2. The van der Waals surface area contributed by atoms with Gasteiger partial charge in [-0.2, -0.15) is 0 Å². The summed E-state index contributed by atoms with van der Waals surface area (Å²) >= 11 is 5.88. The molecule has 6 nitrogen and oxygen atoms in total. The highest BCUT2D eigenvalue weighted by molar-refractivity contribution is 6.30. The highest BCUT2D eigenvalue weighted by Crippen LogP contribution is 2.21. The minimum Gasteiger partial charge on any atom is -0.444 e. The fourth-order valence-corrected chi connectivity index (χ4v) is 2.79. The molecule has 0 bridgehead atoms. The second kappa shape index (κ2) is 7.30. The minimum absolute atomic E-state index is 0.120. The van der Waals surface area contributed by atoms with Gasteiger partial charge in [0.15, 0.2) is 0 Å². The molecule has 0 aliphatic carbocycles. The monoisotopic (exact) mass is 353 g/mol. The van der Waals surface area contributed by atoms with Crippen molar-refractivity contribution in [2.75, 3.05) is 13.1 Å². The molecular formula is C17H24ClN3O3. The zero-order valence-corrected chi connectivity index (χ0v) is 15.0. The molecule has 0 aromatic heterocycles. The third kappa shape index (κ3) is 5.03. The van der Waals surface area contributed by atoms with Gasteiger partial charge in [0.05, 0.1) is 6.04 Å². The van der Waals surface area contributed by atoms with Crippen molar-refractivity contribution in [3.05, 3.63) is 34.9 Å². The minimum atomic E-state index is -0.540. The van der Waals surface area contributed by atoms with Crippen LogP contribution in [0.2, 0.25) is 5.02 Å². The summed E-state index contributed by atoms with van der Waals surface area (Å²) in [6, 6.07) is 6.65. The smallest absolute Gasteiger partial charge is 0.410 e. The first-order valence-electron chi connectivity index (χ1n) is 7.94. The Balaban J connectivity index is 2.01. The zero-order chi connectivity index (χ0) is 17.9. The quantitative estimate of drug-likeness (QED) is 0.906. The number of ether oxygens (including phenoxy) is 1. The summed E-state index contributed by atoms with van der Waals surface area (Å²) in [6.45, 7) is 6.84. The molecule has 0 spiro atoms. The van der Waals surface area contributed by atoms with Crippen molar-refractivity contribution < 1.29 is 14.3 Å². The lowest BCUT2D eigenvalue weighted by molar-refractivity contribution is 0.0282. The lowest BCUT2D eigenvalue weighted by atomic mass is 10.1. The van der Waals surface area contributed by atoms with Crippen LogP contribution in [0.5, 0.6) is 0 Å². The van der Waals surface area contributed by atoms with Gasteiger partial charge >= 0.3 is 12.1 Å². The van der Waals surface area contributed by atoms with Crippen LogP contribution in [0, 0.1) is 0 Å². The first kappa shape index (κ1) is 18.4. The number of hydrogen-bond acceptors (Lipinski definition) is 3. The SMILES string of the molecule is CC(C)(C)OC(=O)N1CC[C@@H](N(Cc2ccc(Cl)cc2)C(N)=O)C1. The van der Waals surface area contributed by atoms with Crippen LogP contribution in [0.1, 0.15) is 32.8 Å². The van der Waals surface area contributed by atoms with E-state index in [0.29, 0.717) is 31.1 Å². The summed E-state index contributed by atoms with van der Waals surface area (Å²) in [5, 5.41) is 0.640. The maximum atomic E-state index is 12.1. The summed E-state index contributed by atoms with van der Waals surface area (Å²) in [5.41, 5.74) is 5.94. The number of benzene rings is 1. The molecule has 132 valence electrons. The number of halogens is 1. The van der Waals surface area contributed by atoms with E-state index >= 15 is 0 Å². The van der Waals surface area contributed by atoms with Gasteiger partial charge in [0, 0.05) is 24.7 Å². The molecule has 1 saturated heterocycles. The van der Waals surface area contributed by atoms with Gasteiger partial charge in [-0.3, -0.25) is 0 Å². The Bertz CT molecular complexity index is 598. The lowest BCUT2D eigenvalue weighted by Crippen LogP contribution is -2.45.